The van der Waals surface area contributed by atoms with E-state index in [2.05, 4.69) is 10.2 Å². The Labute approximate surface area is 171 Å². The lowest BCUT2D eigenvalue weighted by molar-refractivity contribution is 0.0568. The van der Waals surface area contributed by atoms with Gasteiger partial charge in [0.1, 0.15) is 18.5 Å². The second-order valence-corrected chi connectivity index (χ2v) is 7.67. The molecule has 0 radical (unpaired) electrons. The Morgan fingerprint density at radius 3 is 2.61 bits per heavy atom. The highest BCUT2D eigenvalue weighted by Gasteiger charge is 2.23. The number of aliphatic hydroxyl groups is 1. The van der Waals surface area contributed by atoms with E-state index in [4.69, 9.17) is 16.3 Å². The van der Waals surface area contributed by atoms with E-state index in [9.17, 15) is 9.90 Å². The van der Waals surface area contributed by atoms with Gasteiger partial charge in [-0.1, -0.05) is 41.9 Å². The van der Waals surface area contributed by atoms with Crippen LogP contribution in [0.25, 0.3) is 0 Å². The van der Waals surface area contributed by atoms with E-state index >= 15 is 0 Å². The fraction of sp³-hybridized carbons (Fsp3) is 0.409. The Morgan fingerprint density at radius 2 is 1.89 bits per heavy atom. The molecule has 1 unspecified atom stereocenters. The molecule has 0 aliphatic carbocycles. The maximum absolute atomic E-state index is 12.4. The van der Waals surface area contributed by atoms with E-state index in [0.29, 0.717) is 17.3 Å². The summed E-state index contributed by atoms with van der Waals surface area (Å²) in [6, 6.07) is 15.0. The molecule has 0 aromatic heterocycles. The van der Waals surface area contributed by atoms with Crippen LogP contribution in [0.1, 0.15) is 28.8 Å². The van der Waals surface area contributed by atoms with Crippen molar-refractivity contribution in [2.75, 3.05) is 26.2 Å². The Hall–Kier alpha value is -2.08. The molecule has 150 valence electrons. The van der Waals surface area contributed by atoms with Gasteiger partial charge < -0.3 is 20.1 Å². The standard InChI is InChI=1S/C22H27ClN2O3/c1-16-6-2-3-7-19(16)22(27)24-17-10-12-25(13-11-17)14-18(26)15-28-21-9-5-4-8-20(21)23/h2-9,17-18,26H,10-15H2,1H3,(H,24,27). The van der Waals surface area contributed by atoms with E-state index in [0.717, 1.165) is 37.1 Å². The van der Waals surface area contributed by atoms with Crippen LogP contribution in [0.2, 0.25) is 5.02 Å². The van der Waals surface area contributed by atoms with Gasteiger partial charge in [0.05, 0.1) is 5.02 Å². The number of ether oxygens (including phenoxy) is 1. The third-order valence-electron chi connectivity index (χ3n) is 5.05. The Balaban J connectivity index is 1.39. The third kappa shape index (κ3) is 5.71. The van der Waals surface area contributed by atoms with Crippen LogP contribution in [0, 0.1) is 6.92 Å². The number of carbonyl (C=O) groups excluding carboxylic acids is 1. The molecule has 0 spiro atoms. The van der Waals surface area contributed by atoms with Crippen LogP contribution in [0.5, 0.6) is 5.75 Å². The fourth-order valence-electron chi connectivity index (χ4n) is 3.45. The average Bonchev–Trinajstić information content (AvgIpc) is 2.69. The zero-order valence-electron chi connectivity index (χ0n) is 16.1. The molecule has 6 heteroatoms. The van der Waals surface area contributed by atoms with Gasteiger partial charge in [-0.05, 0) is 43.5 Å². The highest BCUT2D eigenvalue weighted by molar-refractivity contribution is 6.32. The molecular formula is C22H27ClN2O3. The van der Waals surface area contributed by atoms with E-state index in [1.807, 2.05) is 43.3 Å². The van der Waals surface area contributed by atoms with Gasteiger partial charge in [-0.25, -0.2) is 0 Å². The van der Waals surface area contributed by atoms with Crippen molar-refractivity contribution in [1.82, 2.24) is 10.2 Å². The molecule has 1 fully saturated rings. The van der Waals surface area contributed by atoms with Gasteiger partial charge in [0, 0.05) is 31.2 Å². The molecule has 28 heavy (non-hydrogen) atoms. The minimum absolute atomic E-state index is 0.00951. The summed E-state index contributed by atoms with van der Waals surface area (Å²) in [5.41, 5.74) is 1.72. The van der Waals surface area contributed by atoms with Crippen molar-refractivity contribution in [1.29, 1.82) is 0 Å². The molecule has 1 aliphatic rings. The van der Waals surface area contributed by atoms with E-state index in [1.165, 1.54) is 0 Å². The number of aliphatic hydroxyl groups excluding tert-OH is 1. The van der Waals surface area contributed by atoms with Crippen LogP contribution >= 0.6 is 11.6 Å². The second kappa shape index (κ2) is 9.92. The number of piperidine rings is 1. The van der Waals surface area contributed by atoms with Crippen LogP contribution in [-0.2, 0) is 0 Å². The van der Waals surface area contributed by atoms with Crippen molar-refractivity contribution in [3.05, 3.63) is 64.7 Å². The maximum atomic E-state index is 12.4. The van der Waals surface area contributed by atoms with Crippen LogP contribution in [0.15, 0.2) is 48.5 Å². The van der Waals surface area contributed by atoms with Crippen molar-refractivity contribution >= 4 is 17.5 Å². The molecule has 2 aromatic carbocycles. The van der Waals surface area contributed by atoms with Crippen molar-refractivity contribution in [2.24, 2.45) is 0 Å². The molecule has 1 atom stereocenters. The lowest BCUT2D eigenvalue weighted by Crippen LogP contribution is -2.47. The Kier molecular flexibility index (Phi) is 7.31. The predicted molar refractivity (Wildman–Crippen MR) is 111 cm³/mol. The molecule has 2 aromatic rings. The summed E-state index contributed by atoms with van der Waals surface area (Å²) in [6.07, 6.45) is 1.15. The second-order valence-electron chi connectivity index (χ2n) is 7.26. The number of amides is 1. The monoisotopic (exact) mass is 402 g/mol. The number of rotatable bonds is 7. The minimum atomic E-state index is -0.589. The van der Waals surface area contributed by atoms with Crippen molar-refractivity contribution < 1.29 is 14.6 Å². The molecule has 5 nitrogen and oxygen atoms in total. The van der Waals surface area contributed by atoms with Crippen LogP contribution < -0.4 is 10.1 Å². The summed E-state index contributed by atoms with van der Waals surface area (Å²) in [4.78, 5) is 14.7. The smallest absolute Gasteiger partial charge is 0.251 e. The molecule has 3 rings (SSSR count). The quantitative estimate of drug-likeness (QED) is 0.746. The van der Waals surface area contributed by atoms with E-state index in [1.54, 1.807) is 12.1 Å². The predicted octanol–water partition coefficient (Wildman–Crippen LogP) is 3.28. The zero-order valence-corrected chi connectivity index (χ0v) is 16.9. The first kappa shape index (κ1) is 20.6. The first-order valence-electron chi connectivity index (χ1n) is 9.67. The number of likely N-dealkylation sites (tertiary alicyclic amines) is 1. The number of halogens is 1. The summed E-state index contributed by atoms with van der Waals surface area (Å²) in [6.45, 7) is 4.37. The number of aryl methyl sites for hydroxylation is 1. The summed E-state index contributed by atoms with van der Waals surface area (Å²) in [7, 11) is 0. The fourth-order valence-corrected chi connectivity index (χ4v) is 3.64. The van der Waals surface area contributed by atoms with Gasteiger partial charge in [-0.15, -0.1) is 0 Å². The van der Waals surface area contributed by atoms with Crippen LogP contribution in [-0.4, -0.2) is 54.3 Å². The highest BCUT2D eigenvalue weighted by atomic mass is 35.5. The molecule has 0 bridgehead atoms. The first-order chi connectivity index (χ1) is 13.5. The zero-order chi connectivity index (χ0) is 19.9. The Bertz CT molecular complexity index is 791. The number of hydrogen-bond donors (Lipinski definition) is 2. The maximum Gasteiger partial charge on any atom is 0.251 e. The lowest BCUT2D eigenvalue weighted by atomic mass is 10.0. The highest BCUT2D eigenvalue weighted by Crippen LogP contribution is 2.23. The number of nitrogens with zero attached hydrogens (tertiary/aromatic N) is 1. The number of carbonyl (C=O) groups is 1. The van der Waals surface area contributed by atoms with Gasteiger partial charge >= 0.3 is 0 Å². The first-order valence-corrected chi connectivity index (χ1v) is 10.0. The number of β-amino-alcohol motifs (C(OH)–C–C–N with tert-alkyl or cyclic N) is 1. The van der Waals surface area contributed by atoms with Gasteiger partial charge in [-0.3, -0.25) is 4.79 Å². The largest absolute Gasteiger partial charge is 0.489 e. The molecule has 1 aliphatic heterocycles. The average molecular weight is 403 g/mol. The summed E-state index contributed by atoms with van der Waals surface area (Å²) in [5, 5.41) is 13.9. The molecule has 0 saturated carbocycles. The van der Waals surface area contributed by atoms with Crippen molar-refractivity contribution in [2.45, 2.75) is 31.9 Å². The third-order valence-corrected chi connectivity index (χ3v) is 5.36. The van der Waals surface area contributed by atoms with Gasteiger partial charge in [-0.2, -0.15) is 0 Å². The van der Waals surface area contributed by atoms with E-state index in [-0.39, 0.29) is 18.6 Å². The summed E-state index contributed by atoms with van der Waals surface area (Å²) >= 11 is 6.06. The number of benzene rings is 2. The minimum Gasteiger partial charge on any atom is -0.489 e. The van der Waals surface area contributed by atoms with Gasteiger partial charge in [0.15, 0.2) is 0 Å². The summed E-state index contributed by atoms with van der Waals surface area (Å²) in [5.74, 6) is 0.575. The van der Waals surface area contributed by atoms with E-state index < -0.39 is 6.10 Å². The van der Waals surface area contributed by atoms with Gasteiger partial charge in [0.25, 0.3) is 5.91 Å². The van der Waals surface area contributed by atoms with Crippen LogP contribution in [0.3, 0.4) is 0 Å². The van der Waals surface area contributed by atoms with Crippen molar-refractivity contribution in [3.8, 4) is 5.75 Å². The number of nitrogens with one attached hydrogen (secondary N) is 1. The SMILES string of the molecule is Cc1ccccc1C(=O)NC1CCN(CC(O)COc2ccccc2Cl)CC1. The number of hydrogen-bond acceptors (Lipinski definition) is 4. The lowest BCUT2D eigenvalue weighted by Gasteiger charge is -2.33. The topological polar surface area (TPSA) is 61.8 Å². The molecule has 1 heterocycles. The summed E-state index contributed by atoms with van der Waals surface area (Å²) < 4.78 is 5.61. The number of para-hydroxylation sites is 1. The molecular weight excluding hydrogens is 376 g/mol. The Morgan fingerprint density at radius 1 is 1.21 bits per heavy atom. The molecule has 2 N–H and O–H groups in total. The van der Waals surface area contributed by atoms with Crippen molar-refractivity contribution in [3.63, 3.8) is 0 Å². The molecule has 1 saturated heterocycles. The van der Waals surface area contributed by atoms with Crippen LogP contribution in [0.4, 0.5) is 0 Å². The normalized spacial score (nSPS) is 16.5. The molecule has 1 amide bonds. The van der Waals surface area contributed by atoms with Gasteiger partial charge in [0.2, 0.25) is 0 Å².